The molecule has 1 atom stereocenters. The van der Waals surface area contributed by atoms with Gasteiger partial charge in [0.05, 0.1) is 0 Å². The van der Waals surface area contributed by atoms with E-state index < -0.39 is 0 Å². The van der Waals surface area contributed by atoms with Crippen LogP contribution in [0.25, 0.3) is 0 Å². The average molecular weight is 312 g/mol. The monoisotopic (exact) mass is 311 g/mol. The second kappa shape index (κ2) is 6.06. The van der Waals surface area contributed by atoms with Gasteiger partial charge in [0.2, 0.25) is 0 Å². The minimum atomic E-state index is 0.509. The molecule has 0 saturated carbocycles. The van der Waals surface area contributed by atoms with Crippen molar-refractivity contribution in [1.29, 1.82) is 0 Å². The third-order valence-corrected chi connectivity index (χ3v) is 5.59. The number of halogens is 1. The highest BCUT2D eigenvalue weighted by Crippen LogP contribution is 2.42. The van der Waals surface area contributed by atoms with Crippen LogP contribution in [0.3, 0.4) is 0 Å². The van der Waals surface area contributed by atoms with Crippen LogP contribution in [0.4, 0.5) is 0 Å². The number of aryl methyl sites for hydroxylation is 2. The summed E-state index contributed by atoms with van der Waals surface area (Å²) in [6.45, 7) is 2.28. The first-order chi connectivity index (χ1) is 10.8. The van der Waals surface area contributed by atoms with Crippen LogP contribution in [0.5, 0.6) is 0 Å². The van der Waals surface area contributed by atoms with Crippen LogP contribution >= 0.6 is 11.6 Å². The van der Waals surface area contributed by atoms with Gasteiger partial charge >= 0.3 is 0 Å². The highest BCUT2D eigenvalue weighted by Gasteiger charge is 2.31. The zero-order chi connectivity index (χ0) is 14.9. The van der Waals surface area contributed by atoms with Gasteiger partial charge in [0.15, 0.2) is 0 Å². The average Bonchev–Trinajstić information content (AvgIpc) is 2.72. The van der Waals surface area contributed by atoms with Gasteiger partial charge in [-0.3, -0.25) is 0 Å². The molecule has 1 unspecified atom stereocenters. The van der Waals surface area contributed by atoms with Gasteiger partial charge in [-0.25, -0.2) is 0 Å². The van der Waals surface area contributed by atoms with E-state index in [9.17, 15) is 0 Å². The summed E-state index contributed by atoms with van der Waals surface area (Å²) in [4.78, 5) is 0. The van der Waals surface area contributed by atoms with E-state index in [0.29, 0.717) is 5.92 Å². The molecule has 1 heterocycles. The van der Waals surface area contributed by atoms with Crippen molar-refractivity contribution in [3.8, 4) is 0 Å². The molecule has 1 N–H and O–H groups in total. The molecule has 2 aliphatic rings. The summed E-state index contributed by atoms with van der Waals surface area (Å²) in [6, 6.07) is 15.6. The summed E-state index contributed by atoms with van der Waals surface area (Å²) in [5.74, 6) is 1.23. The van der Waals surface area contributed by atoms with E-state index in [-0.39, 0.29) is 0 Å². The van der Waals surface area contributed by atoms with Crippen LogP contribution in [0.2, 0.25) is 5.02 Å². The van der Waals surface area contributed by atoms with Crippen molar-refractivity contribution in [2.75, 3.05) is 13.1 Å². The molecule has 0 amide bonds. The van der Waals surface area contributed by atoms with Crippen molar-refractivity contribution in [1.82, 2.24) is 5.32 Å². The van der Waals surface area contributed by atoms with E-state index in [2.05, 4.69) is 47.8 Å². The first-order valence-electron chi connectivity index (χ1n) is 8.40. The van der Waals surface area contributed by atoms with Crippen molar-refractivity contribution in [3.05, 3.63) is 69.7 Å². The fourth-order valence-corrected chi connectivity index (χ4v) is 4.45. The normalized spacial score (nSPS) is 21.8. The zero-order valence-corrected chi connectivity index (χ0v) is 13.6. The second-order valence-electron chi connectivity index (χ2n) is 6.61. The summed E-state index contributed by atoms with van der Waals surface area (Å²) >= 11 is 6.35. The Balaban J connectivity index is 1.87. The molecule has 0 spiro atoms. The first kappa shape index (κ1) is 14.3. The molecular weight excluding hydrogens is 290 g/mol. The smallest absolute Gasteiger partial charge is 0.0409 e. The summed E-state index contributed by atoms with van der Waals surface area (Å²) in [6.07, 6.45) is 4.78. The van der Waals surface area contributed by atoms with Gasteiger partial charge in [-0.15, -0.1) is 0 Å². The number of piperidine rings is 1. The van der Waals surface area contributed by atoms with Crippen LogP contribution in [-0.4, -0.2) is 13.1 Å². The van der Waals surface area contributed by atoms with Crippen LogP contribution in [0.1, 0.15) is 41.0 Å². The SMILES string of the molecule is Clc1ccc2c(c1)C(C1CCNCC1)c1ccccc1CC2. The Kier molecular flexibility index (Phi) is 3.94. The Morgan fingerprint density at radius 1 is 0.864 bits per heavy atom. The number of benzene rings is 2. The van der Waals surface area contributed by atoms with Crippen molar-refractivity contribution in [2.45, 2.75) is 31.6 Å². The van der Waals surface area contributed by atoms with Gasteiger partial charge < -0.3 is 5.32 Å². The van der Waals surface area contributed by atoms with E-state index in [1.807, 2.05) is 0 Å². The van der Waals surface area contributed by atoms with E-state index >= 15 is 0 Å². The van der Waals surface area contributed by atoms with Gasteiger partial charge in [0.25, 0.3) is 0 Å². The fraction of sp³-hybridized carbons (Fsp3) is 0.400. The number of hydrogen-bond donors (Lipinski definition) is 1. The van der Waals surface area contributed by atoms with E-state index in [1.165, 1.54) is 35.1 Å². The van der Waals surface area contributed by atoms with E-state index in [0.717, 1.165) is 36.9 Å². The molecule has 1 aliphatic carbocycles. The molecule has 22 heavy (non-hydrogen) atoms. The van der Waals surface area contributed by atoms with Crippen molar-refractivity contribution >= 4 is 11.6 Å². The lowest BCUT2D eigenvalue weighted by Crippen LogP contribution is -2.31. The summed E-state index contributed by atoms with van der Waals surface area (Å²) in [5, 5.41) is 4.37. The lowest BCUT2D eigenvalue weighted by Gasteiger charge is -2.32. The van der Waals surface area contributed by atoms with E-state index in [4.69, 9.17) is 11.6 Å². The second-order valence-corrected chi connectivity index (χ2v) is 7.04. The highest BCUT2D eigenvalue weighted by atomic mass is 35.5. The minimum absolute atomic E-state index is 0.509. The largest absolute Gasteiger partial charge is 0.317 e. The molecule has 114 valence electrons. The summed E-state index contributed by atoms with van der Waals surface area (Å²) in [5.41, 5.74) is 6.03. The van der Waals surface area contributed by atoms with Crippen LogP contribution in [0, 0.1) is 5.92 Å². The maximum absolute atomic E-state index is 6.35. The number of rotatable bonds is 1. The molecule has 2 heteroatoms. The molecule has 2 aromatic carbocycles. The van der Waals surface area contributed by atoms with Gasteiger partial charge in [0, 0.05) is 10.9 Å². The molecule has 1 fully saturated rings. The van der Waals surface area contributed by atoms with Crippen molar-refractivity contribution < 1.29 is 0 Å². The topological polar surface area (TPSA) is 12.0 Å². The fourth-order valence-electron chi connectivity index (χ4n) is 4.27. The van der Waals surface area contributed by atoms with Gasteiger partial charge in [-0.2, -0.15) is 0 Å². The predicted molar refractivity (Wildman–Crippen MR) is 92.7 cm³/mol. The Hall–Kier alpha value is -1.31. The van der Waals surface area contributed by atoms with Gasteiger partial charge in [-0.1, -0.05) is 41.9 Å². The van der Waals surface area contributed by atoms with Gasteiger partial charge in [0.1, 0.15) is 0 Å². The van der Waals surface area contributed by atoms with E-state index in [1.54, 1.807) is 0 Å². The quantitative estimate of drug-likeness (QED) is 0.813. The number of hydrogen-bond acceptors (Lipinski definition) is 1. The molecule has 0 aromatic heterocycles. The number of fused-ring (bicyclic) bond motifs is 2. The number of nitrogens with one attached hydrogen (secondary N) is 1. The third-order valence-electron chi connectivity index (χ3n) is 5.35. The molecule has 1 aliphatic heterocycles. The Bertz CT molecular complexity index is 673. The van der Waals surface area contributed by atoms with Crippen molar-refractivity contribution in [3.63, 3.8) is 0 Å². The molecule has 4 rings (SSSR count). The molecule has 0 radical (unpaired) electrons. The standard InChI is InChI=1S/C20H22ClN/c21-17-8-7-15-6-5-14-3-1-2-4-18(14)20(19(15)13-17)16-9-11-22-12-10-16/h1-4,7-8,13,16,20,22H,5-6,9-12H2. The molecule has 1 nitrogen and oxygen atoms in total. The maximum atomic E-state index is 6.35. The molecule has 2 aromatic rings. The lowest BCUT2D eigenvalue weighted by molar-refractivity contribution is 0.342. The first-order valence-corrected chi connectivity index (χ1v) is 8.77. The minimum Gasteiger partial charge on any atom is -0.317 e. The molecular formula is C20H22ClN. The zero-order valence-electron chi connectivity index (χ0n) is 12.8. The predicted octanol–water partition coefficient (Wildman–Crippen LogP) is 4.57. The van der Waals surface area contributed by atoms with Crippen LogP contribution in [-0.2, 0) is 12.8 Å². The summed E-state index contributed by atoms with van der Waals surface area (Å²) in [7, 11) is 0. The Morgan fingerprint density at radius 2 is 1.59 bits per heavy atom. The van der Waals surface area contributed by atoms with Crippen molar-refractivity contribution in [2.24, 2.45) is 5.92 Å². The van der Waals surface area contributed by atoms with Crippen LogP contribution < -0.4 is 5.32 Å². The maximum Gasteiger partial charge on any atom is 0.0409 e. The lowest BCUT2D eigenvalue weighted by atomic mass is 9.75. The Morgan fingerprint density at radius 3 is 2.41 bits per heavy atom. The van der Waals surface area contributed by atoms with Crippen LogP contribution in [0.15, 0.2) is 42.5 Å². The molecule has 0 bridgehead atoms. The van der Waals surface area contributed by atoms with Gasteiger partial charge in [-0.05, 0) is 79.1 Å². The third kappa shape index (κ3) is 2.57. The summed E-state index contributed by atoms with van der Waals surface area (Å²) < 4.78 is 0. The Labute approximate surface area is 137 Å². The highest BCUT2D eigenvalue weighted by molar-refractivity contribution is 6.30. The molecule has 1 saturated heterocycles.